The van der Waals surface area contributed by atoms with Crippen LogP contribution in [0.4, 0.5) is 0 Å². The molecule has 26 heavy (non-hydrogen) atoms. The third kappa shape index (κ3) is 6.97. The molecule has 0 fully saturated rings. The highest BCUT2D eigenvalue weighted by molar-refractivity contribution is 5.89. The van der Waals surface area contributed by atoms with Gasteiger partial charge in [0.2, 0.25) is 0 Å². The summed E-state index contributed by atoms with van der Waals surface area (Å²) in [5.74, 6) is -0.0883. The molecule has 0 aliphatic rings. The maximum Gasteiger partial charge on any atom is 0.314 e. The van der Waals surface area contributed by atoms with Gasteiger partial charge in [0, 0.05) is 0 Å². The summed E-state index contributed by atoms with van der Waals surface area (Å²) in [4.78, 5) is 12.2. The molecule has 0 aliphatic heterocycles. The van der Waals surface area contributed by atoms with Gasteiger partial charge >= 0.3 is 5.97 Å². The summed E-state index contributed by atoms with van der Waals surface area (Å²) < 4.78 is 11.0. The third-order valence-corrected chi connectivity index (χ3v) is 3.94. The first kappa shape index (κ1) is 19.5. The molecule has 0 spiro atoms. The van der Waals surface area contributed by atoms with E-state index in [4.69, 9.17) is 14.7 Å². The molecule has 1 N–H and O–H groups in total. The molecule has 0 aliphatic carbocycles. The SMILES string of the molecule is Cc1cccc(OCCCCC(/C=N\O)C(=O)OCc2ccccc2)c1. The molecule has 0 heterocycles. The Morgan fingerprint density at radius 3 is 2.69 bits per heavy atom. The Morgan fingerprint density at radius 1 is 1.15 bits per heavy atom. The van der Waals surface area contributed by atoms with Crippen molar-refractivity contribution in [2.45, 2.75) is 32.8 Å². The summed E-state index contributed by atoms with van der Waals surface area (Å²) in [5, 5.41) is 11.8. The van der Waals surface area contributed by atoms with Crippen molar-refractivity contribution < 1.29 is 19.5 Å². The molecule has 2 rings (SSSR count). The van der Waals surface area contributed by atoms with Crippen LogP contribution in [0.2, 0.25) is 0 Å². The van der Waals surface area contributed by atoms with E-state index in [1.54, 1.807) is 0 Å². The van der Waals surface area contributed by atoms with Gasteiger partial charge in [-0.05, 0) is 49.4 Å². The first-order valence-electron chi connectivity index (χ1n) is 8.76. The lowest BCUT2D eigenvalue weighted by Crippen LogP contribution is -2.19. The maximum atomic E-state index is 12.2. The number of unbranched alkanes of at least 4 members (excludes halogenated alkanes) is 1. The number of esters is 1. The van der Waals surface area contributed by atoms with E-state index in [1.807, 2.05) is 61.5 Å². The lowest BCUT2D eigenvalue weighted by atomic mass is 10.0. The molecular formula is C21H25NO4. The van der Waals surface area contributed by atoms with E-state index in [0.717, 1.165) is 29.7 Å². The Hall–Kier alpha value is -2.82. The molecule has 1 atom stereocenters. The van der Waals surface area contributed by atoms with Crippen LogP contribution in [-0.2, 0) is 16.1 Å². The van der Waals surface area contributed by atoms with Crippen LogP contribution >= 0.6 is 0 Å². The summed E-state index contributed by atoms with van der Waals surface area (Å²) in [7, 11) is 0. The molecule has 0 bridgehead atoms. The molecule has 5 heteroatoms. The number of hydrogen-bond donors (Lipinski definition) is 1. The standard InChI is InChI=1S/C21H25NO4/c1-17-8-7-12-20(14-17)25-13-6-5-11-19(15-22-24)21(23)26-16-18-9-3-2-4-10-18/h2-4,7-10,12,14-15,19,24H,5-6,11,13,16H2,1H3/b22-15-. The zero-order valence-corrected chi connectivity index (χ0v) is 15.0. The number of nitrogens with zero attached hydrogens (tertiary/aromatic N) is 1. The van der Waals surface area contributed by atoms with Gasteiger partial charge in [0.1, 0.15) is 12.4 Å². The minimum atomic E-state index is -0.553. The zero-order valence-electron chi connectivity index (χ0n) is 15.0. The van der Waals surface area contributed by atoms with E-state index in [9.17, 15) is 4.79 Å². The Labute approximate surface area is 154 Å². The monoisotopic (exact) mass is 355 g/mol. The molecule has 0 radical (unpaired) electrons. The minimum absolute atomic E-state index is 0.214. The van der Waals surface area contributed by atoms with E-state index in [2.05, 4.69) is 5.16 Å². The molecule has 0 saturated carbocycles. The first-order chi connectivity index (χ1) is 12.7. The average Bonchev–Trinajstić information content (AvgIpc) is 2.66. The lowest BCUT2D eigenvalue weighted by molar-refractivity contribution is -0.147. The molecular weight excluding hydrogens is 330 g/mol. The third-order valence-electron chi connectivity index (χ3n) is 3.94. The number of carbonyl (C=O) groups excluding carboxylic acids is 1. The largest absolute Gasteiger partial charge is 0.494 e. The predicted octanol–water partition coefficient (Wildman–Crippen LogP) is 4.36. The highest BCUT2D eigenvalue weighted by Gasteiger charge is 2.18. The molecule has 2 aromatic carbocycles. The van der Waals surface area contributed by atoms with Gasteiger partial charge in [0.15, 0.2) is 0 Å². The summed E-state index contributed by atoms with van der Waals surface area (Å²) in [6.07, 6.45) is 3.35. The van der Waals surface area contributed by atoms with Crippen LogP contribution in [0.25, 0.3) is 0 Å². The normalized spacial score (nSPS) is 12.0. The highest BCUT2D eigenvalue weighted by Crippen LogP contribution is 2.14. The fraction of sp³-hybridized carbons (Fsp3) is 0.333. The Morgan fingerprint density at radius 2 is 1.96 bits per heavy atom. The molecule has 2 aromatic rings. The van der Waals surface area contributed by atoms with Gasteiger partial charge in [-0.25, -0.2) is 0 Å². The topological polar surface area (TPSA) is 68.1 Å². The number of hydrogen-bond acceptors (Lipinski definition) is 5. The number of benzene rings is 2. The van der Waals surface area contributed by atoms with Gasteiger partial charge in [-0.2, -0.15) is 0 Å². The second kappa shape index (κ2) is 10.9. The zero-order chi connectivity index (χ0) is 18.6. The Balaban J connectivity index is 1.70. The Bertz CT molecular complexity index is 700. The molecule has 0 saturated heterocycles. The summed E-state index contributed by atoms with van der Waals surface area (Å²) >= 11 is 0. The minimum Gasteiger partial charge on any atom is -0.494 e. The van der Waals surface area contributed by atoms with Crippen LogP contribution in [0.3, 0.4) is 0 Å². The average molecular weight is 355 g/mol. The van der Waals surface area contributed by atoms with Crippen molar-refractivity contribution in [3.05, 3.63) is 65.7 Å². The van der Waals surface area contributed by atoms with Crippen molar-refractivity contribution in [3.63, 3.8) is 0 Å². The molecule has 5 nitrogen and oxygen atoms in total. The summed E-state index contributed by atoms with van der Waals surface area (Å²) in [6, 6.07) is 17.4. The van der Waals surface area contributed by atoms with E-state index in [0.29, 0.717) is 13.0 Å². The van der Waals surface area contributed by atoms with Crippen LogP contribution in [0.5, 0.6) is 5.75 Å². The fourth-order valence-corrected chi connectivity index (χ4v) is 2.53. The van der Waals surface area contributed by atoms with E-state index < -0.39 is 5.92 Å². The second-order valence-corrected chi connectivity index (χ2v) is 6.13. The van der Waals surface area contributed by atoms with Crippen molar-refractivity contribution in [3.8, 4) is 5.75 Å². The number of ether oxygens (including phenoxy) is 2. The predicted molar refractivity (Wildman–Crippen MR) is 101 cm³/mol. The van der Waals surface area contributed by atoms with Gasteiger partial charge in [0.25, 0.3) is 0 Å². The van der Waals surface area contributed by atoms with Crippen LogP contribution in [0.1, 0.15) is 30.4 Å². The fourth-order valence-electron chi connectivity index (χ4n) is 2.53. The van der Waals surface area contributed by atoms with E-state index >= 15 is 0 Å². The van der Waals surface area contributed by atoms with E-state index in [-0.39, 0.29) is 12.6 Å². The molecule has 138 valence electrons. The second-order valence-electron chi connectivity index (χ2n) is 6.13. The van der Waals surface area contributed by atoms with Crippen molar-refractivity contribution in [2.75, 3.05) is 6.61 Å². The van der Waals surface area contributed by atoms with Gasteiger partial charge < -0.3 is 14.7 Å². The molecule has 0 amide bonds. The van der Waals surface area contributed by atoms with Crippen LogP contribution in [0, 0.1) is 12.8 Å². The number of oxime groups is 1. The van der Waals surface area contributed by atoms with Crippen molar-refractivity contribution in [1.82, 2.24) is 0 Å². The number of carbonyl (C=O) groups is 1. The number of aryl methyl sites for hydroxylation is 1. The number of rotatable bonds is 10. The quantitative estimate of drug-likeness (QED) is 0.226. The summed E-state index contributed by atoms with van der Waals surface area (Å²) in [5.41, 5.74) is 2.08. The lowest BCUT2D eigenvalue weighted by Gasteiger charge is -2.12. The van der Waals surface area contributed by atoms with Crippen LogP contribution in [0.15, 0.2) is 59.8 Å². The van der Waals surface area contributed by atoms with Crippen molar-refractivity contribution in [2.24, 2.45) is 11.1 Å². The smallest absolute Gasteiger partial charge is 0.314 e. The molecule has 1 unspecified atom stereocenters. The van der Waals surface area contributed by atoms with Crippen molar-refractivity contribution >= 4 is 12.2 Å². The van der Waals surface area contributed by atoms with Gasteiger partial charge in [-0.3, -0.25) is 4.79 Å². The summed E-state index contributed by atoms with van der Waals surface area (Å²) in [6.45, 7) is 2.81. The van der Waals surface area contributed by atoms with Gasteiger partial charge in [-0.15, -0.1) is 5.16 Å². The van der Waals surface area contributed by atoms with Crippen molar-refractivity contribution in [1.29, 1.82) is 0 Å². The first-order valence-corrected chi connectivity index (χ1v) is 8.76. The Kier molecular flexibility index (Phi) is 8.19. The van der Waals surface area contributed by atoms with Gasteiger partial charge in [-0.1, -0.05) is 42.5 Å². The van der Waals surface area contributed by atoms with E-state index in [1.165, 1.54) is 6.21 Å². The van der Waals surface area contributed by atoms with Crippen LogP contribution < -0.4 is 4.74 Å². The van der Waals surface area contributed by atoms with Crippen LogP contribution in [-0.4, -0.2) is 24.0 Å². The maximum absolute atomic E-state index is 12.2. The van der Waals surface area contributed by atoms with Gasteiger partial charge in [0.05, 0.1) is 18.7 Å². The molecule has 0 aromatic heterocycles. The highest BCUT2D eigenvalue weighted by atomic mass is 16.5.